The van der Waals surface area contributed by atoms with E-state index in [1.54, 1.807) is 0 Å². The van der Waals surface area contributed by atoms with E-state index in [0.29, 0.717) is 18.6 Å². The van der Waals surface area contributed by atoms with Crippen LogP contribution in [0.15, 0.2) is 0 Å². The Morgan fingerprint density at radius 3 is 2.68 bits per heavy atom. The van der Waals surface area contributed by atoms with Gasteiger partial charge in [0.15, 0.2) is 0 Å². The third kappa shape index (κ3) is 4.73. The third-order valence-corrected chi connectivity index (χ3v) is 4.15. The summed E-state index contributed by atoms with van der Waals surface area (Å²) in [5.74, 6) is -0.170. The summed E-state index contributed by atoms with van der Waals surface area (Å²) >= 11 is 1.26. The van der Waals surface area contributed by atoms with Crippen LogP contribution in [-0.4, -0.2) is 42.1 Å². The lowest BCUT2D eigenvalue weighted by Gasteiger charge is -2.21. The molecule has 19 heavy (non-hydrogen) atoms. The molecule has 1 rings (SSSR count). The van der Waals surface area contributed by atoms with Crippen LogP contribution in [0, 0.1) is 11.3 Å². The first-order valence-electron chi connectivity index (χ1n) is 6.16. The molecule has 1 aliphatic rings. The molecule has 106 valence electrons. The lowest BCUT2D eigenvalue weighted by atomic mass is 10.0. The minimum Gasteiger partial charge on any atom is -0.468 e. The van der Waals surface area contributed by atoms with Crippen molar-refractivity contribution >= 4 is 23.6 Å². The van der Waals surface area contributed by atoms with E-state index < -0.39 is 17.6 Å². The van der Waals surface area contributed by atoms with Crippen LogP contribution < -0.4 is 11.1 Å². The minimum absolute atomic E-state index is 0.189. The van der Waals surface area contributed by atoms with Crippen LogP contribution in [0.25, 0.3) is 0 Å². The number of methoxy groups -OCH3 is 1. The summed E-state index contributed by atoms with van der Waals surface area (Å²) in [6.45, 7) is 0. The van der Waals surface area contributed by atoms with Gasteiger partial charge in [-0.05, 0) is 25.7 Å². The number of amides is 1. The van der Waals surface area contributed by atoms with Gasteiger partial charge in [0.25, 0.3) is 0 Å². The first-order valence-corrected chi connectivity index (χ1v) is 7.32. The molecule has 6 nitrogen and oxygen atoms in total. The number of hydrogen-bond acceptors (Lipinski definition) is 6. The van der Waals surface area contributed by atoms with Crippen LogP contribution in [0.4, 0.5) is 0 Å². The van der Waals surface area contributed by atoms with Crippen molar-refractivity contribution in [3.8, 4) is 6.07 Å². The molecule has 0 heterocycles. The first kappa shape index (κ1) is 15.8. The number of hydrogen-bond donors (Lipinski definition) is 2. The molecule has 1 fully saturated rings. The van der Waals surface area contributed by atoms with Gasteiger partial charge < -0.3 is 15.8 Å². The first-order chi connectivity index (χ1) is 9.03. The van der Waals surface area contributed by atoms with Crippen LogP contribution in [0.5, 0.6) is 0 Å². The Labute approximate surface area is 117 Å². The number of nitrogens with one attached hydrogen (secondary N) is 1. The standard InChI is InChI=1S/C12H19N3O3S/c1-18-11(17)9(14)6-19-7-10(16)15-12(8-13)4-2-3-5-12/h9H,2-7,14H2,1H3,(H,15,16). The van der Waals surface area contributed by atoms with Crippen molar-refractivity contribution in [3.05, 3.63) is 0 Å². The van der Waals surface area contributed by atoms with Crippen LogP contribution in [0.1, 0.15) is 25.7 Å². The summed E-state index contributed by atoms with van der Waals surface area (Å²) in [7, 11) is 1.27. The molecule has 1 saturated carbocycles. The van der Waals surface area contributed by atoms with Gasteiger partial charge in [0.05, 0.1) is 18.9 Å². The maximum Gasteiger partial charge on any atom is 0.323 e. The molecule has 0 aromatic carbocycles. The number of rotatable bonds is 6. The van der Waals surface area contributed by atoms with Gasteiger partial charge in [-0.25, -0.2) is 0 Å². The molecule has 1 amide bonds. The van der Waals surface area contributed by atoms with E-state index in [1.165, 1.54) is 18.9 Å². The Balaban J connectivity index is 2.29. The van der Waals surface area contributed by atoms with Gasteiger partial charge in [0, 0.05) is 5.75 Å². The maximum atomic E-state index is 11.7. The largest absolute Gasteiger partial charge is 0.468 e. The summed E-state index contributed by atoms with van der Waals surface area (Å²) in [5, 5.41) is 11.9. The molecule has 0 aromatic rings. The smallest absolute Gasteiger partial charge is 0.323 e. The molecule has 0 bridgehead atoms. The van der Waals surface area contributed by atoms with Gasteiger partial charge >= 0.3 is 5.97 Å². The molecular formula is C12H19N3O3S. The van der Waals surface area contributed by atoms with E-state index >= 15 is 0 Å². The van der Waals surface area contributed by atoms with Gasteiger partial charge in [-0.15, -0.1) is 11.8 Å². The van der Waals surface area contributed by atoms with Crippen LogP contribution in [0.3, 0.4) is 0 Å². The molecule has 1 unspecified atom stereocenters. The number of nitrogens with two attached hydrogens (primary N) is 1. The zero-order chi connectivity index (χ0) is 14.3. The van der Waals surface area contributed by atoms with Gasteiger partial charge in [-0.2, -0.15) is 5.26 Å². The van der Waals surface area contributed by atoms with Crippen LogP contribution in [-0.2, 0) is 14.3 Å². The number of carbonyl (C=O) groups is 2. The van der Waals surface area contributed by atoms with Crippen molar-refractivity contribution in [2.45, 2.75) is 37.3 Å². The molecule has 1 aliphatic carbocycles. The molecule has 1 atom stereocenters. The highest BCUT2D eigenvalue weighted by Gasteiger charge is 2.35. The molecule has 3 N–H and O–H groups in total. The van der Waals surface area contributed by atoms with E-state index in [-0.39, 0.29) is 11.7 Å². The fraction of sp³-hybridized carbons (Fsp3) is 0.750. The molecule has 0 spiro atoms. The highest BCUT2D eigenvalue weighted by Crippen LogP contribution is 2.28. The van der Waals surface area contributed by atoms with Crippen LogP contribution in [0.2, 0.25) is 0 Å². The van der Waals surface area contributed by atoms with Gasteiger partial charge in [0.1, 0.15) is 11.6 Å². The van der Waals surface area contributed by atoms with Crippen molar-refractivity contribution in [1.82, 2.24) is 5.32 Å². The number of ether oxygens (including phenoxy) is 1. The average molecular weight is 285 g/mol. The molecule has 0 saturated heterocycles. The Kier molecular flexibility index (Phi) is 6.12. The Morgan fingerprint density at radius 2 is 2.16 bits per heavy atom. The summed E-state index contributed by atoms with van der Waals surface area (Å²) in [5.41, 5.74) is 4.86. The third-order valence-electron chi connectivity index (χ3n) is 3.08. The summed E-state index contributed by atoms with van der Waals surface area (Å²) in [6, 6.07) is 1.47. The zero-order valence-electron chi connectivity index (χ0n) is 11.0. The van der Waals surface area contributed by atoms with Crippen molar-refractivity contribution in [3.63, 3.8) is 0 Å². The second-order valence-corrected chi connectivity index (χ2v) is 5.62. The van der Waals surface area contributed by atoms with Crippen LogP contribution >= 0.6 is 11.8 Å². The van der Waals surface area contributed by atoms with E-state index in [0.717, 1.165) is 12.8 Å². The number of esters is 1. The molecular weight excluding hydrogens is 266 g/mol. The van der Waals surface area contributed by atoms with Gasteiger partial charge in [-0.1, -0.05) is 0 Å². The highest BCUT2D eigenvalue weighted by molar-refractivity contribution is 8.00. The Morgan fingerprint density at radius 1 is 1.53 bits per heavy atom. The number of nitrogens with zero attached hydrogens (tertiary/aromatic N) is 1. The topological polar surface area (TPSA) is 105 Å². The minimum atomic E-state index is -0.723. The fourth-order valence-electron chi connectivity index (χ4n) is 2.04. The fourth-order valence-corrected chi connectivity index (χ4v) is 2.81. The molecule has 7 heteroatoms. The van der Waals surface area contributed by atoms with E-state index in [2.05, 4.69) is 16.1 Å². The van der Waals surface area contributed by atoms with E-state index in [9.17, 15) is 9.59 Å². The monoisotopic (exact) mass is 285 g/mol. The number of thioether (sulfide) groups is 1. The Bertz CT molecular complexity index is 375. The molecule has 0 radical (unpaired) electrons. The highest BCUT2D eigenvalue weighted by atomic mass is 32.2. The van der Waals surface area contributed by atoms with Gasteiger partial charge in [-0.3, -0.25) is 9.59 Å². The van der Waals surface area contributed by atoms with E-state index in [4.69, 9.17) is 11.0 Å². The quantitative estimate of drug-likeness (QED) is 0.674. The normalized spacial score (nSPS) is 18.4. The van der Waals surface area contributed by atoms with Crippen molar-refractivity contribution in [2.24, 2.45) is 5.73 Å². The molecule has 0 aromatic heterocycles. The second kappa shape index (κ2) is 7.36. The summed E-state index contributed by atoms with van der Waals surface area (Å²) in [4.78, 5) is 22.8. The maximum absolute atomic E-state index is 11.7. The van der Waals surface area contributed by atoms with Crippen molar-refractivity contribution in [1.29, 1.82) is 5.26 Å². The molecule has 0 aliphatic heterocycles. The average Bonchev–Trinajstić information content (AvgIpc) is 2.86. The zero-order valence-corrected chi connectivity index (χ0v) is 11.8. The lowest BCUT2D eigenvalue weighted by Crippen LogP contribution is -2.46. The van der Waals surface area contributed by atoms with Gasteiger partial charge in [0.2, 0.25) is 5.91 Å². The lowest BCUT2D eigenvalue weighted by molar-refractivity contribution is -0.141. The Hall–Kier alpha value is -1.26. The van der Waals surface area contributed by atoms with E-state index in [1.807, 2.05) is 0 Å². The number of carbonyl (C=O) groups excluding carboxylic acids is 2. The SMILES string of the molecule is COC(=O)C(N)CSCC(=O)NC1(C#N)CCCC1. The summed E-state index contributed by atoms with van der Waals surface area (Å²) in [6.07, 6.45) is 3.35. The second-order valence-electron chi connectivity index (χ2n) is 4.59. The van der Waals surface area contributed by atoms with Crippen molar-refractivity contribution < 1.29 is 14.3 Å². The summed E-state index contributed by atoms with van der Waals surface area (Å²) < 4.78 is 4.49. The van der Waals surface area contributed by atoms with Crippen molar-refractivity contribution in [2.75, 3.05) is 18.6 Å². The predicted octanol–water partition coefficient (Wildman–Crippen LogP) is 0.172. The number of nitriles is 1. The predicted molar refractivity (Wildman–Crippen MR) is 72.3 cm³/mol.